The zero-order chi connectivity index (χ0) is 16.8. The highest BCUT2D eigenvalue weighted by molar-refractivity contribution is 5.85. The molecule has 1 amide bonds. The Hall–Kier alpha value is -2.08. The molecule has 1 fully saturated rings. The molecule has 5 nitrogen and oxygen atoms in total. The van der Waals surface area contributed by atoms with Crippen LogP contribution in [0.2, 0.25) is 0 Å². The number of carbonyl (C=O) groups excluding carboxylic acids is 1. The van der Waals surface area contributed by atoms with Gasteiger partial charge in [0.15, 0.2) is 0 Å². The van der Waals surface area contributed by atoms with Crippen LogP contribution < -0.4 is 15.8 Å². The summed E-state index contributed by atoms with van der Waals surface area (Å²) in [5.41, 5.74) is 6.50. The lowest BCUT2D eigenvalue weighted by Crippen LogP contribution is -2.35. The van der Waals surface area contributed by atoms with Crippen LogP contribution in [0.1, 0.15) is 18.4 Å². The summed E-state index contributed by atoms with van der Waals surface area (Å²) < 4.78 is 11.5. The van der Waals surface area contributed by atoms with E-state index in [-0.39, 0.29) is 24.4 Å². The Bertz CT molecular complexity index is 681. The summed E-state index contributed by atoms with van der Waals surface area (Å²) in [7, 11) is 0. The molecule has 2 atom stereocenters. The minimum Gasteiger partial charge on any atom is -0.457 e. The molecule has 2 aromatic carbocycles. The summed E-state index contributed by atoms with van der Waals surface area (Å²) in [4.78, 5) is 12.2. The van der Waals surface area contributed by atoms with Crippen molar-refractivity contribution in [2.24, 2.45) is 5.73 Å². The van der Waals surface area contributed by atoms with Crippen LogP contribution in [0, 0.1) is 0 Å². The van der Waals surface area contributed by atoms with Crippen LogP contribution in [0.15, 0.2) is 54.6 Å². The van der Waals surface area contributed by atoms with E-state index in [1.54, 1.807) is 0 Å². The molecule has 0 radical (unpaired) electrons. The number of benzene rings is 2. The maximum Gasteiger partial charge on any atom is 0.249 e. The van der Waals surface area contributed by atoms with Gasteiger partial charge in [0.1, 0.15) is 17.6 Å². The summed E-state index contributed by atoms with van der Waals surface area (Å²) in [6.07, 6.45) is 1.15. The molecule has 0 aromatic heterocycles. The van der Waals surface area contributed by atoms with Crippen LogP contribution in [-0.2, 0) is 16.1 Å². The van der Waals surface area contributed by atoms with Crippen LogP contribution in [0.4, 0.5) is 0 Å². The fourth-order valence-corrected chi connectivity index (χ4v) is 2.73. The zero-order valence-corrected chi connectivity index (χ0v) is 14.7. The average Bonchev–Trinajstić information content (AvgIpc) is 3.11. The number of ether oxygens (including phenoxy) is 2. The molecular formula is C19H23ClN2O3. The molecular weight excluding hydrogens is 340 g/mol. The van der Waals surface area contributed by atoms with Crippen LogP contribution in [0.5, 0.6) is 11.5 Å². The Kier molecular flexibility index (Phi) is 7.25. The predicted molar refractivity (Wildman–Crippen MR) is 99.0 cm³/mol. The van der Waals surface area contributed by atoms with E-state index in [4.69, 9.17) is 15.2 Å². The molecule has 6 heteroatoms. The van der Waals surface area contributed by atoms with E-state index < -0.39 is 6.10 Å². The Morgan fingerprint density at radius 2 is 1.84 bits per heavy atom. The molecule has 0 spiro atoms. The summed E-state index contributed by atoms with van der Waals surface area (Å²) in [6, 6.07) is 17.3. The second-order valence-corrected chi connectivity index (χ2v) is 5.80. The van der Waals surface area contributed by atoms with E-state index in [1.165, 1.54) is 0 Å². The highest BCUT2D eigenvalue weighted by Gasteiger charge is 2.29. The topological polar surface area (TPSA) is 73.6 Å². The number of nitrogens with one attached hydrogen (secondary N) is 1. The van der Waals surface area contributed by atoms with Crippen molar-refractivity contribution in [3.8, 4) is 11.5 Å². The van der Waals surface area contributed by atoms with Crippen molar-refractivity contribution < 1.29 is 14.3 Å². The summed E-state index contributed by atoms with van der Waals surface area (Å²) in [5.74, 6) is 1.40. The SMILES string of the molecule is Cl.NC[C@H]1CC[C@@H](C(=O)NCc2ccccc2Oc2ccccc2)O1. The van der Waals surface area contributed by atoms with Gasteiger partial charge in [-0.2, -0.15) is 0 Å². The first-order valence-corrected chi connectivity index (χ1v) is 8.20. The van der Waals surface area contributed by atoms with Crippen LogP contribution in [0.3, 0.4) is 0 Å². The molecule has 1 aliphatic heterocycles. The fourth-order valence-electron chi connectivity index (χ4n) is 2.73. The average molecular weight is 363 g/mol. The van der Waals surface area contributed by atoms with Gasteiger partial charge in [0.2, 0.25) is 5.91 Å². The largest absolute Gasteiger partial charge is 0.457 e. The Morgan fingerprint density at radius 3 is 2.56 bits per heavy atom. The summed E-state index contributed by atoms with van der Waals surface area (Å²) in [6.45, 7) is 0.854. The number of hydrogen-bond donors (Lipinski definition) is 2. The van der Waals surface area contributed by atoms with Crippen molar-refractivity contribution >= 4 is 18.3 Å². The van der Waals surface area contributed by atoms with Gasteiger partial charge in [-0.3, -0.25) is 4.79 Å². The first-order valence-electron chi connectivity index (χ1n) is 8.20. The lowest BCUT2D eigenvalue weighted by atomic mass is 10.1. The number of rotatable bonds is 6. The minimum absolute atomic E-state index is 0. The van der Waals surface area contributed by atoms with Gasteiger partial charge in [-0.1, -0.05) is 36.4 Å². The molecule has 1 heterocycles. The Morgan fingerprint density at radius 1 is 1.12 bits per heavy atom. The minimum atomic E-state index is -0.402. The van der Waals surface area contributed by atoms with Gasteiger partial charge in [-0.15, -0.1) is 12.4 Å². The van der Waals surface area contributed by atoms with E-state index in [0.717, 1.165) is 29.9 Å². The van der Waals surface area contributed by atoms with Gasteiger partial charge in [-0.05, 0) is 31.0 Å². The molecule has 134 valence electrons. The van der Waals surface area contributed by atoms with E-state index in [2.05, 4.69) is 5.32 Å². The fraction of sp³-hybridized carbons (Fsp3) is 0.316. The second-order valence-electron chi connectivity index (χ2n) is 5.80. The number of amides is 1. The summed E-state index contributed by atoms with van der Waals surface area (Å²) >= 11 is 0. The highest BCUT2D eigenvalue weighted by Crippen LogP contribution is 2.25. The lowest BCUT2D eigenvalue weighted by Gasteiger charge is -2.15. The molecule has 0 saturated carbocycles. The number of nitrogens with two attached hydrogens (primary N) is 1. The van der Waals surface area contributed by atoms with Gasteiger partial charge in [0.05, 0.1) is 6.10 Å². The molecule has 0 unspecified atom stereocenters. The molecule has 25 heavy (non-hydrogen) atoms. The monoisotopic (exact) mass is 362 g/mol. The van der Waals surface area contributed by atoms with Gasteiger partial charge < -0.3 is 20.5 Å². The maximum atomic E-state index is 12.2. The second kappa shape index (κ2) is 9.42. The van der Waals surface area contributed by atoms with Crippen LogP contribution in [-0.4, -0.2) is 24.7 Å². The van der Waals surface area contributed by atoms with E-state index in [9.17, 15) is 4.79 Å². The molecule has 1 saturated heterocycles. The maximum absolute atomic E-state index is 12.2. The van der Waals surface area contributed by atoms with Gasteiger partial charge in [0, 0.05) is 18.7 Å². The number of carbonyl (C=O) groups is 1. The molecule has 3 rings (SSSR count). The zero-order valence-electron chi connectivity index (χ0n) is 13.9. The standard InChI is InChI=1S/C19H22N2O3.ClH/c20-12-16-10-11-18(24-16)19(22)21-13-14-6-4-5-9-17(14)23-15-7-2-1-3-8-15;/h1-9,16,18H,10-13,20H2,(H,21,22);1H/t16-,18+;/m1./s1. The number of hydrogen-bond acceptors (Lipinski definition) is 4. The summed E-state index contributed by atoms with van der Waals surface area (Å²) in [5, 5.41) is 2.93. The van der Waals surface area contributed by atoms with Crippen molar-refractivity contribution in [3.63, 3.8) is 0 Å². The van der Waals surface area contributed by atoms with E-state index in [0.29, 0.717) is 13.1 Å². The van der Waals surface area contributed by atoms with E-state index in [1.807, 2.05) is 54.6 Å². The molecule has 0 bridgehead atoms. The van der Waals surface area contributed by atoms with Crippen molar-refractivity contribution in [1.29, 1.82) is 0 Å². The Balaban J connectivity index is 0.00000225. The normalized spacial score (nSPS) is 19.1. The molecule has 3 N–H and O–H groups in total. The van der Waals surface area contributed by atoms with Crippen LogP contribution >= 0.6 is 12.4 Å². The third-order valence-electron chi connectivity index (χ3n) is 4.06. The number of halogens is 1. The first-order chi connectivity index (χ1) is 11.8. The van der Waals surface area contributed by atoms with Crippen molar-refractivity contribution in [2.75, 3.05) is 6.54 Å². The molecule has 1 aliphatic rings. The van der Waals surface area contributed by atoms with Gasteiger partial charge in [0.25, 0.3) is 0 Å². The van der Waals surface area contributed by atoms with Crippen LogP contribution in [0.25, 0.3) is 0 Å². The lowest BCUT2D eigenvalue weighted by molar-refractivity contribution is -0.132. The Labute approximate surface area is 153 Å². The van der Waals surface area contributed by atoms with Crippen molar-refractivity contribution in [2.45, 2.75) is 31.6 Å². The highest BCUT2D eigenvalue weighted by atomic mass is 35.5. The molecule has 0 aliphatic carbocycles. The smallest absolute Gasteiger partial charge is 0.249 e. The van der Waals surface area contributed by atoms with Crippen molar-refractivity contribution in [3.05, 3.63) is 60.2 Å². The number of para-hydroxylation sites is 2. The quantitative estimate of drug-likeness (QED) is 0.828. The first kappa shape index (κ1) is 19.2. The van der Waals surface area contributed by atoms with Crippen molar-refractivity contribution in [1.82, 2.24) is 5.32 Å². The third-order valence-corrected chi connectivity index (χ3v) is 4.06. The molecule has 2 aromatic rings. The van der Waals surface area contributed by atoms with Gasteiger partial charge in [-0.25, -0.2) is 0 Å². The van der Waals surface area contributed by atoms with E-state index >= 15 is 0 Å². The predicted octanol–water partition coefficient (Wildman–Crippen LogP) is 3.02. The van der Waals surface area contributed by atoms with Gasteiger partial charge >= 0.3 is 0 Å². The third kappa shape index (κ3) is 5.19.